The number of carbonyl (C=O) groups excluding carboxylic acids is 1. The molecule has 0 bridgehead atoms. The number of benzene rings is 2. The number of fused-ring (bicyclic) bond motifs is 1. The zero-order chi connectivity index (χ0) is 23.1. The summed E-state index contributed by atoms with van der Waals surface area (Å²) in [6.07, 6.45) is 2.78. The van der Waals surface area contributed by atoms with Crippen molar-refractivity contribution in [3.8, 4) is 0 Å². The third-order valence-corrected chi connectivity index (χ3v) is 4.25. The van der Waals surface area contributed by atoms with Gasteiger partial charge in [-0.15, -0.1) is 11.6 Å². The molecule has 3 rings (SSSR count). The van der Waals surface area contributed by atoms with E-state index in [1.165, 1.54) is 4.68 Å². The van der Waals surface area contributed by atoms with Gasteiger partial charge < -0.3 is 15.4 Å². The van der Waals surface area contributed by atoms with Gasteiger partial charge >= 0.3 is 6.09 Å². The number of ether oxygens (including phenoxy) is 1. The molecule has 0 unspecified atom stereocenters. The standard InChI is InChI=1S/C23H25ClN6O2/c1-23(2,3)32-22(31)30-19-11-10-18(12-16(19)14-27-30)29-20(25-4)13-21(26-15-24)28-17-8-6-5-7-9-17/h5-14,29H,4,15H2,1-3H3,(H,26,28)/b20-13+. The van der Waals surface area contributed by atoms with Gasteiger partial charge in [0.25, 0.3) is 0 Å². The number of alkyl halides is 1. The number of para-hydroxylation sites is 1. The number of halogens is 1. The second-order valence-electron chi connectivity index (χ2n) is 7.78. The van der Waals surface area contributed by atoms with E-state index in [2.05, 4.69) is 32.4 Å². The van der Waals surface area contributed by atoms with Crippen molar-refractivity contribution in [1.29, 1.82) is 0 Å². The first kappa shape index (κ1) is 23.0. The van der Waals surface area contributed by atoms with Crippen molar-refractivity contribution < 1.29 is 9.53 Å². The third kappa shape index (κ3) is 6.18. The number of amidine groups is 1. The molecule has 0 atom stereocenters. The number of hydrogen-bond acceptors (Lipinski definition) is 6. The van der Waals surface area contributed by atoms with E-state index in [0.29, 0.717) is 17.2 Å². The van der Waals surface area contributed by atoms with Crippen LogP contribution in [0.5, 0.6) is 0 Å². The molecule has 8 nitrogen and oxygen atoms in total. The van der Waals surface area contributed by atoms with Crippen molar-refractivity contribution in [3.05, 3.63) is 66.6 Å². The maximum atomic E-state index is 12.4. The molecular weight excluding hydrogens is 428 g/mol. The summed E-state index contributed by atoms with van der Waals surface area (Å²) in [6, 6.07) is 15.1. The van der Waals surface area contributed by atoms with E-state index in [0.717, 1.165) is 16.8 Å². The summed E-state index contributed by atoms with van der Waals surface area (Å²) in [5.74, 6) is 0.996. The average molecular weight is 453 g/mol. The molecule has 32 heavy (non-hydrogen) atoms. The fourth-order valence-corrected chi connectivity index (χ4v) is 2.94. The van der Waals surface area contributed by atoms with Crippen molar-refractivity contribution in [3.63, 3.8) is 0 Å². The average Bonchev–Trinajstić information content (AvgIpc) is 3.16. The van der Waals surface area contributed by atoms with Crippen LogP contribution in [0.25, 0.3) is 10.9 Å². The number of nitrogens with one attached hydrogen (secondary N) is 2. The van der Waals surface area contributed by atoms with Gasteiger partial charge in [0.2, 0.25) is 0 Å². The Morgan fingerprint density at radius 3 is 2.59 bits per heavy atom. The van der Waals surface area contributed by atoms with Gasteiger partial charge in [0.15, 0.2) is 0 Å². The Hall–Kier alpha value is -3.65. The summed E-state index contributed by atoms with van der Waals surface area (Å²) < 4.78 is 6.64. The lowest BCUT2D eigenvalue weighted by atomic mass is 10.2. The first-order valence-electron chi connectivity index (χ1n) is 9.88. The molecule has 0 radical (unpaired) electrons. The van der Waals surface area contributed by atoms with Crippen molar-refractivity contribution in [2.75, 3.05) is 16.6 Å². The van der Waals surface area contributed by atoms with Crippen LogP contribution in [0.3, 0.4) is 0 Å². The Labute approximate surface area is 191 Å². The topological polar surface area (TPSA) is 92.9 Å². The number of anilines is 2. The zero-order valence-electron chi connectivity index (χ0n) is 18.2. The SMILES string of the molecule is C=N/C(=C\C(=NCCl)Nc1ccccc1)Nc1ccc2c(cnn2C(=O)OC(C)(C)C)c1. The summed E-state index contributed by atoms with van der Waals surface area (Å²) in [4.78, 5) is 20.7. The highest BCUT2D eigenvalue weighted by Crippen LogP contribution is 2.21. The Kier molecular flexibility index (Phi) is 7.27. The zero-order valence-corrected chi connectivity index (χ0v) is 18.9. The van der Waals surface area contributed by atoms with E-state index in [9.17, 15) is 4.79 Å². The maximum absolute atomic E-state index is 12.4. The predicted octanol–water partition coefficient (Wildman–Crippen LogP) is 5.48. The van der Waals surface area contributed by atoms with Gasteiger partial charge in [0, 0.05) is 22.8 Å². The molecule has 2 aromatic carbocycles. The molecule has 166 valence electrons. The molecule has 0 aliphatic heterocycles. The molecule has 0 spiro atoms. The number of aliphatic imine (C=N–C) groups is 2. The van der Waals surface area contributed by atoms with E-state index in [1.54, 1.807) is 18.3 Å². The molecule has 3 aromatic rings. The van der Waals surface area contributed by atoms with Crippen LogP contribution in [0, 0.1) is 0 Å². The molecule has 0 fully saturated rings. The Balaban J connectivity index is 1.81. The molecule has 1 heterocycles. The van der Waals surface area contributed by atoms with Crippen molar-refractivity contribution >= 4 is 52.5 Å². The van der Waals surface area contributed by atoms with Crippen LogP contribution in [-0.2, 0) is 4.74 Å². The monoisotopic (exact) mass is 452 g/mol. The molecule has 0 amide bonds. The lowest BCUT2D eigenvalue weighted by molar-refractivity contribution is 0.0522. The van der Waals surface area contributed by atoms with Gasteiger partial charge in [-0.05, 0) is 57.8 Å². The number of nitrogens with zero attached hydrogens (tertiary/aromatic N) is 4. The summed E-state index contributed by atoms with van der Waals surface area (Å²) in [5, 5.41) is 11.3. The molecule has 0 aliphatic carbocycles. The van der Waals surface area contributed by atoms with E-state index < -0.39 is 11.7 Å². The van der Waals surface area contributed by atoms with Crippen LogP contribution in [0.1, 0.15) is 20.8 Å². The second-order valence-corrected chi connectivity index (χ2v) is 8.02. The molecule has 9 heteroatoms. The Morgan fingerprint density at radius 2 is 1.94 bits per heavy atom. The normalized spacial score (nSPS) is 12.5. The largest absolute Gasteiger partial charge is 0.442 e. The highest BCUT2D eigenvalue weighted by Gasteiger charge is 2.20. The number of carbonyl (C=O) groups is 1. The first-order valence-corrected chi connectivity index (χ1v) is 10.4. The van der Waals surface area contributed by atoms with Crippen LogP contribution < -0.4 is 10.6 Å². The molecular formula is C23H25ClN6O2. The maximum Gasteiger partial charge on any atom is 0.435 e. The summed E-state index contributed by atoms with van der Waals surface area (Å²) in [5.41, 5.74) is 1.64. The lowest BCUT2D eigenvalue weighted by Gasteiger charge is -2.19. The van der Waals surface area contributed by atoms with Gasteiger partial charge in [-0.25, -0.2) is 9.79 Å². The molecule has 1 aromatic heterocycles. The second kappa shape index (κ2) is 10.1. The van der Waals surface area contributed by atoms with Crippen LogP contribution in [0.4, 0.5) is 16.2 Å². The van der Waals surface area contributed by atoms with Gasteiger partial charge in [-0.1, -0.05) is 18.2 Å². The van der Waals surface area contributed by atoms with Gasteiger partial charge in [-0.3, -0.25) is 4.99 Å². The Bertz CT molecular complexity index is 1160. The van der Waals surface area contributed by atoms with Crippen molar-refractivity contribution in [1.82, 2.24) is 9.78 Å². The van der Waals surface area contributed by atoms with E-state index in [-0.39, 0.29) is 6.00 Å². The van der Waals surface area contributed by atoms with Gasteiger partial charge in [0.05, 0.1) is 11.7 Å². The van der Waals surface area contributed by atoms with Crippen LogP contribution in [0.2, 0.25) is 0 Å². The predicted molar refractivity (Wildman–Crippen MR) is 131 cm³/mol. The minimum atomic E-state index is -0.609. The quantitative estimate of drug-likeness (QED) is 0.223. The highest BCUT2D eigenvalue weighted by atomic mass is 35.5. The minimum Gasteiger partial charge on any atom is -0.442 e. The minimum absolute atomic E-state index is 0.0892. The fraction of sp³-hybridized carbons (Fsp3) is 0.217. The van der Waals surface area contributed by atoms with Crippen LogP contribution in [-0.4, -0.2) is 40.0 Å². The van der Waals surface area contributed by atoms with Gasteiger partial charge in [0.1, 0.15) is 23.3 Å². The van der Waals surface area contributed by atoms with E-state index in [4.69, 9.17) is 16.3 Å². The number of hydrogen-bond donors (Lipinski definition) is 2. The van der Waals surface area contributed by atoms with Crippen LogP contribution >= 0.6 is 11.6 Å². The number of rotatable bonds is 6. The molecule has 0 aliphatic rings. The van der Waals surface area contributed by atoms with Crippen molar-refractivity contribution in [2.45, 2.75) is 26.4 Å². The highest BCUT2D eigenvalue weighted by molar-refractivity contribution is 6.19. The third-order valence-electron chi connectivity index (χ3n) is 4.13. The smallest absolute Gasteiger partial charge is 0.435 e. The van der Waals surface area contributed by atoms with Crippen molar-refractivity contribution in [2.24, 2.45) is 9.98 Å². The van der Waals surface area contributed by atoms with E-state index >= 15 is 0 Å². The summed E-state index contributed by atoms with van der Waals surface area (Å²) >= 11 is 5.81. The molecule has 2 N–H and O–H groups in total. The molecule has 0 saturated carbocycles. The van der Waals surface area contributed by atoms with E-state index in [1.807, 2.05) is 63.2 Å². The van der Waals surface area contributed by atoms with Crippen LogP contribution in [0.15, 0.2) is 76.6 Å². The molecule has 0 saturated heterocycles. The summed E-state index contributed by atoms with van der Waals surface area (Å²) in [7, 11) is 0. The number of aromatic nitrogens is 2. The summed E-state index contributed by atoms with van der Waals surface area (Å²) in [6.45, 7) is 9.05. The fourth-order valence-electron chi connectivity index (χ4n) is 2.82. The first-order chi connectivity index (χ1) is 15.3. The van der Waals surface area contributed by atoms with Gasteiger partial charge in [-0.2, -0.15) is 9.78 Å². The lowest BCUT2D eigenvalue weighted by Crippen LogP contribution is -2.27. The Morgan fingerprint density at radius 1 is 1.19 bits per heavy atom.